The maximum absolute atomic E-state index is 12.2. The molecule has 31 heavy (non-hydrogen) atoms. The second-order valence-corrected chi connectivity index (χ2v) is 7.37. The summed E-state index contributed by atoms with van der Waals surface area (Å²) in [6.07, 6.45) is 3.97. The summed E-state index contributed by atoms with van der Waals surface area (Å²) in [6, 6.07) is 14.9. The highest BCUT2D eigenvalue weighted by molar-refractivity contribution is 6.10. The maximum Gasteiger partial charge on any atom is 0.249 e. The summed E-state index contributed by atoms with van der Waals surface area (Å²) in [5, 5.41) is 18.6. The van der Waals surface area contributed by atoms with Gasteiger partial charge in [0.25, 0.3) is 0 Å². The van der Waals surface area contributed by atoms with Crippen LogP contribution in [0.4, 0.5) is 5.82 Å². The first kappa shape index (κ1) is 20.4. The lowest BCUT2D eigenvalue weighted by molar-refractivity contribution is -0.112. The van der Waals surface area contributed by atoms with E-state index in [4.69, 9.17) is 4.84 Å². The molecule has 0 bridgehead atoms. The van der Waals surface area contributed by atoms with Crippen molar-refractivity contribution in [2.75, 3.05) is 5.32 Å². The molecule has 0 aliphatic heterocycles. The number of carbonyl (C=O) groups excluding carboxylic acids is 1. The minimum absolute atomic E-state index is 0.127. The monoisotopic (exact) mass is 417 g/mol. The van der Waals surface area contributed by atoms with Crippen LogP contribution in [0.1, 0.15) is 36.8 Å². The van der Waals surface area contributed by atoms with E-state index < -0.39 is 0 Å². The van der Waals surface area contributed by atoms with Gasteiger partial charge in [-0.1, -0.05) is 47.1 Å². The van der Waals surface area contributed by atoms with Crippen LogP contribution in [0.15, 0.2) is 65.3 Å². The van der Waals surface area contributed by atoms with E-state index in [1.165, 1.54) is 4.68 Å². The number of nitrogens with zero attached hydrogens (tertiary/aromatic N) is 6. The summed E-state index contributed by atoms with van der Waals surface area (Å²) in [5.74, 6) is 1.34. The van der Waals surface area contributed by atoms with E-state index in [-0.39, 0.29) is 12.5 Å². The normalized spacial score (nSPS) is 14.4. The molecule has 9 heteroatoms. The van der Waals surface area contributed by atoms with Crippen molar-refractivity contribution in [1.29, 1.82) is 0 Å². The van der Waals surface area contributed by atoms with Gasteiger partial charge in [0.1, 0.15) is 5.82 Å². The molecule has 2 heterocycles. The molecule has 1 fully saturated rings. The van der Waals surface area contributed by atoms with Gasteiger partial charge in [0.05, 0.1) is 5.69 Å². The molecule has 1 amide bonds. The number of aryl methyl sites for hydroxylation is 1. The molecule has 1 aromatic carbocycles. The average molecular weight is 417 g/mol. The van der Waals surface area contributed by atoms with Crippen molar-refractivity contribution in [2.45, 2.75) is 26.4 Å². The highest BCUT2D eigenvalue weighted by Crippen LogP contribution is 2.35. The molecule has 0 saturated heterocycles. The predicted molar refractivity (Wildman–Crippen MR) is 115 cm³/mol. The number of hydrogen-bond acceptors (Lipinski definition) is 7. The summed E-state index contributed by atoms with van der Waals surface area (Å²) < 4.78 is 1.53. The number of benzene rings is 1. The molecular formula is C22H23N7O2. The minimum Gasteiger partial charge on any atom is -0.389 e. The van der Waals surface area contributed by atoms with Crippen LogP contribution in [-0.2, 0) is 23.3 Å². The van der Waals surface area contributed by atoms with Crippen molar-refractivity contribution in [3.05, 3.63) is 77.3 Å². The minimum atomic E-state index is -0.172. The lowest BCUT2D eigenvalue weighted by Gasteiger charge is -2.07. The van der Waals surface area contributed by atoms with E-state index in [2.05, 4.69) is 31.0 Å². The number of oxime groups is 1. The molecule has 0 atom stereocenters. The largest absolute Gasteiger partial charge is 0.389 e. The van der Waals surface area contributed by atoms with E-state index in [9.17, 15) is 4.79 Å². The molecule has 2 aromatic heterocycles. The molecular weight excluding hydrogens is 394 g/mol. The predicted octanol–water partition coefficient (Wildman–Crippen LogP) is 2.87. The van der Waals surface area contributed by atoms with E-state index in [1.54, 1.807) is 19.2 Å². The van der Waals surface area contributed by atoms with Gasteiger partial charge in [-0.15, -0.1) is 5.10 Å². The summed E-state index contributed by atoms with van der Waals surface area (Å²) in [5.41, 5.74) is 3.08. The Morgan fingerprint density at radius 2 is 2.03 bits per heavy atom. The molecule has 0 spiro atoms. The van der Waals surface area contributed by atoms with Gasteiger partial charge >= 0.3 is 0 Å². The lowest BCUT2D eigenvalue weighted by Crippen LogP contribution is -2.12. The number of hydrogen-bond donors (Lipinski definition) is 1. The maximum atomic E-state index is 12.2. The van der Waals surface area contributed by atoms with Crippen LogP contribution in [-0.4, -0.2) is 36.8 Å². The van der Waals surface area contributed by atoms with Crippen LogP contribution >= 0.6 is 0 Å². The smallest absolute Gasteiger partial charge is 0.249 e. The number of tetrazole rings is 1. The number of pyridine rings is 1. The Hall–Kier alpha value is -3.88. The SMILES string of the molecule is C/C(=C\C(=O)Nc1cccc(CO/N=C(\c2ccccc2)c2nnnn2C)n1)C1CC1. The third kappa shape index (κ3) is 5.39. The van der Waals surface area contributed by atoms with Crippen LogP contribution < -0.4 is 5.32 Å². The van der Waals surface area contributed by atoms with Crippen LogP contribution in [0, 0.1) is 5.92 Å². The van der Waals surface area contributed by atoms with Crippen molar-refractivity contribution in [2.24, 2.45) is 18.1 Å². The van der Waals surface area contributed by atoms with Gasteiger partial charge in [0, 0.05) is 18.7 Å². The third-order valence-corrected chi connectivity index (χ3v) is 4.89. The van der Waals surface area contributed by atoms with Gasteiger partial charge in [-0.25, -0.2) is 9.67 Å². The molecule has 3 aromatic rings. The van der Waals surface area contributed by atoms with Crippen molar-refractivity contribution in [3.63, 3.8) is 0 Å². The lowest BCUT2D eigenvalue weighted by atomic mass is 10.1. The number of carbonyl (C=O) groups is 1. The van der Waals surface area contributed by atoms with Gasteiger partial charge in [-0.3, -0.25) is 4.79 Å². The van der Waals surface area contributed by atoms with E-state index in [0.29, 0.717) is 29.0 Å². The fourth-order valence-corrected chi connectivity index (χ4v) is 3.07. The Morgan fingerprint density at radius 3 is 2.74 bits per heavy atom. The second kappa shape index (κ2) is 9.29. The fourth-order valence-electron chi connectivity index (χ4n) is 3.07. The Bertz CT molecular complexity index is 1120. The molecule has 0 unspecified atom stereocenters. The van der Waals surface area contributed by atoms with Crippen molar-refractivity contribution >= 4 is 17.4 Å². The molecule has 1 aliphatic carbocycles. The second-order valence-electron chi connectivity index (χ2n) is 7.37. The summed E-state index contributed by atoms with van der Waals surface area (Å²) >= 11 is 0. The Morgan fingerprint density at radius 1 is 1.23 bits per heavy atom. The van der Waals surface area contributed by atoms with Crippen molar-refractivity contribution in [1.82, 2.24) is 25.2 Å². The highest BCUT2D eigenvalue weighted by atomic mass is 16.6. The Balaban J connectivity index is 1.44. The number of anilines is 1. The van der Waals surface area contributed by atoms with Crippen LogP contribution in [0.5, 0.6) is 0 Å². The van der Waals surface area contributed by atoms with E-state index in [1.807, 2.05) is 49.4 Å². The first-order valence-electron chi connectivity index (χ1n) is 10.0. The molecule has 1 N–H and O–H groups in total. The number of amides is 1. The number of aromatic nitrogens is 5. The molecule has 1 aliphatic rings. The molecule has 1 saturated carbocycles. The topological polar surface area (TPSA) is 107 Å². The Labute approximate surface area is 179 Å². The van der Waals surface area contributed by atoms with Gasteiger partial charge in [-0.2, -0.15) is 0 Å². The first-order valence-corrected chi connectivity index (χ1v) is 10.0. The molecule has 4 rings (SSSR count). The van der Waals surface area contributed by atoms with Crippen LogP contribution in [0.2, 0.25) is 0 Å². The summed E-state index contributed by atoms with van der Waals surface area (Å²) in [7, 11) is 1.74. The van der Waals surface area contributed by atoms with Crippen LogP contribution in [0.3, 0.4) is 0 Å². The third-order valence-electron chi connectivity index (χ3n) is 4.89. The van der Waals surface area contributed by atoms with Gasteiger partial charge in [-0.05, 0) is 48.2 Å². The van der Waals surface area contributed by atoms with E-state index in [0.717, 1.165) is 24.0 Å². The van der Waals surface area contributed by atoms with Crippen LogP contribution in [0.25, 0.3) is 0 Å². The average Bonchev–Trinajstić information content (AvgIpc) is 3.54. The van der Waals surface area contributed by atoms with E-state index >= 15 is 0 Å². The zero-order chi connectivity index (χ0) is 21.6. The standard InChI is InChI=1S/C22H23N7O2/c1-15(16-11-12-16)13-20(30)24-19-10-6-9-18(23-19)14-31-26-21(17-7-4-3-5-8-17)22-25-27-28-29(22)2/h3-10,13,16H,11-12,14H2,1-2H3,(H,23,24,30)/b15-13+,26-21+. The molecule has 0 radical (unpaired) electrons. The zero-order valence-electron chi connectivity index (χ0n) is 17.4. The van der Waals surface area contributed by atoms with Gasteiger partial charge < -0.3 is 10.2 Å². The number of nitrogens with one attached hydrogen (secondary N) is 1. The zero-order valence-corrected chi connectivity index (χ0v) is 17.4. The van der Waals surface area contributed by atoms with Crippen molar-refractivity contribution in [3.8, 4) is 0 Å². The van der Waals surface area contributed by atoms with Gasteiger partial charge in [0.15, 0.2) is 12.3 Å². The summed E-state index contributed by atoms with van der Waals surface area (Å²) in [6.45, 7) is 2.12. The number of rotatable bonds is 8. The van der Waals surface area contributed by atoms with Crippen molar-refractivity contribution < 1.29 is 9.63 Å². The first-order chi connectivity index (χ1) is 15.1. The molecule has 9 nitrogen and oxygen atoms in total. The quantitative estimate of drug-likeness (QED) is 0.343. The number of allylic oxidation sites excluding steroid dienone is 1. The Kier molecular flexibility index (Phi) is 6.11. The van der Waals surface area contributed by atoms with Gasteiger partial charge in [0.2, 0.25) is 11.7 Å². The summed E-state index contributed by atoms with van der Waals surface area (Å²) in [4.78, 5) is 22.2. The fraction of sp³-hybridized carbons (Fsp3) is 0.273. The highest BCUT2D eigenvalue weighted by Gasteiger charge is 2.23. The molecule has 158 valence electrons.